The third-order valence-electron chi connectivity index (χ3n) is 4.47. The molecular formula is C20H19N5O3S. The molecule has 0 saturated carbocycles. The van der Waals surface area contributed by atoms with Crippen LogP contribution in [0.15, 0.2) is 42.9 Å². The van der Waals surface area contributed by atoms with E-state index in [1.807, 2.05) is 35.2 Å². The molecule has 0 atom stereocenters. The fourth-order valence-corrected chi connectivity index (χ4v) is 4.10. The second-order valence-corrected chi connectivity index (χ2v) is 7.45. The molecule has 2 aromatic heterocycles. The molecule has 3 heterocycles. The standard InChI is InChI=1S/C20H19N5O3S/c1-2-28-19(27)14-10-21-12-22-17(14)24-20-23-15-8-9-25(11-16(15)29-20)18(26)13-6-4-3-5-7-13/h3-7,10,12H,2,8-9,11H2,1H3,(H,21,22,23,24). The molecule has 0 bridgehead atoms. The molecule has 1 aliphatic heterocycles. The highest BCUT2D eigenvalue weighted by atomic mass is 32.1. The van der Waals surface area contributed by atoms with Crippen molar-refractivity contribution in [2.24, 2.45) is 0 Å². The van der Waals surface area contributed by atoms with Gasteiger partial charge in [-0.15, -0.1) is 0 Å². The van der Waals surface area contributed by atoms with Gasteiger partial charge in [0.2, 0.25) is 0 Å². The Labute approximate surface area is 171 Å². The molecule has 1 amide bonds. The zero-order valence-corrected chi connectivity index (χ0v) is 16.6. The van der Waals surface area contributed by atoms with Gasteiger partial charge in [0.05, 0.1) is 18.8 Å². The molecule has 1 aromatic carbocycles. The van der Waals surface area contributed by atoms with E-state index in [9.17, 15) is 9.59 Å². The van der Waals surface area contributed by atoms with Crippen LogP contribution >= 0.6 is 11.3 Å². The summed E-state index contributed by atoms with van der Waals surface area (Å²) in [5.74, 6) is -0.127. The highest BCUT2D eigenvalue weighted by Crippen LogP contribution is 2.31. The summed E-state index contributed by atoms with van der Waals surface area (Å²) in [5.41, 5.74) is 1.89. The van der Waals surface area contributed by atoms with Gasteiger partial charge in [-0.3, -0.25) is 4.79 Å². The van der Waals surface area contributed by atoms with E-state index in [2.05, 4.69) is 20.3 Å². The van der Waals surface area contributed by atoms with Gasteiger partial charge in [0, 0.05) is 29.6 Å². The third-order valence-corrected chi connectivity index (χ3v) is 5.47. The van der Waals surface area contributed by atoms with E-state index in [-0.39, 0.29) is 18.1 Å². The fourth-order valence-electron chi connectivity index (χ4n) is 3.07. The summed E-state index contributed by atoms with van der Waals surface area (Å²) in [7, 11) is 0. The topological polar surface area (TPSA) is 97.3 Å². The number of nitrogens with one attached hydrogen (secondary N) is 1. The monoisotopic (exact) mass is 409 g/mol. The molecule has 9 heteroatoms. The summed E-state index contributed by atoms with van der Waals surface area (Å²) in [5, 5.41) is 3.72. The lowest BCUT2D eigenvalue weighted by Gasteiger charge is -2.26. The maximum absolute atomic E-state index is 12.7. The van der Waals surface area contributed by atoms with E-state index in [0.717, 1.165) is 10.6 Å². The summed E-state index contributed by atoms with van der Waals surface area (Å²) in [6, 6.07) is 9.26. The van der Waals surface area contributed by atoms with Crippen molar-refractivity contribution in [2.45, 2.75) is 19.9 Å². The maximum atomic E-state index is 12.7. The summed E-state index contributed by atoms with van der Waals surface area (Å²) in [6.07, 6.45) is 3.46. The fraction of sp³-hybridized carbons (Fsp3) is 0.250. The highest BCUT2D eigenvalue weighted by Gasteiger charge is 2.25. The lowest BCUT2D eigenvalue weighted by Crippen LogP contribution is -2.35. The molecule has 1 aliphatic rings. The van der Waals surface area contributed by atoms with Crippen LogP contribution < -0.4 is 5.32 Å². The van der Waals surface area contributed by atoms with Crippen LogP contribution in [0.3, 0.4) is 0 Å². The molecule has 0 spiro atoms. The number of fused-ring (bicyclic) bond motifs is 1. The van der Waals surface area contributed by atoms with Gasteiger partial charge in [-0.1, -0.05) is 29.5 Å². The van der Waals surface area contributed by atoms with Crippen molar-refractivity contribution in [1.82, 2.24) is 19.9 Å². The summed E-state index contributed by atoms with van der Waals surface area (Å²) in [6.45, 7) is 3.14. The number of hydrogen-bond acceptors (Lipinski definition) is 8. The molecule has 8 nitrogen and oxygen atoms in total. The molecular weight excluding hydrogens is 390 g/mol. The molecule has 148 valence electrons. The van der Waals surface area contributed by atoms with Crippen LogP contribution in [0.2, 0.25) is 0 Å². The van der Waals surface area contributed by atoms with Crippen LogP contribution in [0.25, 0.3) is 0 Å². The second-order valence-electron chi connectivity index (χ2n) is 6.36. The van der Waals surface area contributed by atoms with Crippen LogP contribution in [-0.4, -0.2) is 44.9 Å². The number of hydrogen-bond donors (Lipinski definition) is 1. The summed E-state index contributed by atoms with van der Waals surface area (Å²) >= 11 is 1.45. The summed E-state index contributed by atoms with van der Waals surface area (Å²) in [4.78, 5) is 40.3. The molecule has 0 saturated heterocycles. The van der Waals surface area contributed by atoms with Crippen LogP contribution in [0.1, 0.15) is 38.2 Å². The van der Waals surface area contributed by atoms with Gasteiger partial charge in [0.1, 0.15) is 17.7 Å². The number of rotatable bonds is 5. The molecule has 3 aromatic rings. The number of esters is 1. The number of amides is 1. The van der Waals surface area contributed by atoms with Crippen LogP contribution in [-0.2, 0) is 17.7 Å². The van der Waals surface area contributed by atoms with E-state index in [4.69, 9.17) is 4.74 Å². The smallest absolute Gasteiger partial charge is 0.343 e. The Hall–Kier alpha value is -3.33. The van der Waals surface area contributed by atoms with Crippen molar-refractivity contribution in [2.75, 3.05) is 18.5 Å². The lowest BCUT2D eigenvalue weighted by molar-refractivity contribution is 0.0526. The average Bonchev–Trinajstić information content (AvgIpc) is 3.16. The Bertz CT molecular complexity index is 1040. The first-order chi connectivity index (χ1) is 14.2. The molecule has 0 aliphatic carbocycles. The molecule has 4 rings (SSSR count). The van der Waals surface area contributed by atoms with E-state index in [0.29, 0.717) is 36.0 Å². The molecule has 0 unspecified atom stereocenters. The predicted molar refractivity (Wildman–Crippen MR) is 108 cm³/mol. The number of carbonyl (C=O) groups excluding carboxylic acids is 2. The Kier molecular flexibility index (Phi) is 5.48. The number of aromatic nitrogens is 3. The minimum absolute atomic E-state index is 0.0135. The minimum atomic E-state index is -0.489. The molecule has 0 fully saturated rings. The van der Waals surface area contributed by atoms with Crippen molar-refractivity contribution >= 4 is 34.2 Å². The zero-order valence-electron chi connectivity index (χ0n) is 15.8. The van der Waals surface area contributed by atoms with Crippen LogP contribution in [0, 0.1) is 0 Å². The summed E-state index contributed by atoms with van der Waals surface area (Å²) < 4.78 is 5.05. The molecule has 1 N–H and O–H groups in total. The first kappa shape index (κ1) is 19.0. The number of carbonyl (C=O) groups is 2. The number of nitrogens with zero attached hydrogens (tertiary/aromatic N) is 4. The average molecular weight is 409 g/mol. The van der Waals surface area contributed by atoms with Crippen molar-refractivity contribution in [1.29, 1.82) is 0 Å². The quantitative estimate of drug-likeness (QED) is 0.647. The first-order valence-electron chi connectivity index (χ1n) is 9.22. The van der Waals surface area contributed by atoms with Gasteiger partial charge in [0.25, 0.3) is 5.91 Å². The van der Waals surface area contributed by atoms with Crippen molar-refractivity contribution in [3.8, 4) is 0 Å². The Morgan fingerprint density at radius 1 is 1.28 bits per heavy atom. The Morgan fingerprint density at radius 2 is 2.10 bits per heavy atom. The predicted octanol–water partition coefficient (Wildman–Crippen LogP) is 3.05. The van der Waals surface area contributed by atoms with Crippen LogP contribution in [0.4, 0.5) is 10.9 Å². The van der Waals surface area contributed by atoms with Crippen molar-refractivity contribution < 1.29 is 14.3 Å². The van der Waals surface area contributed by atoms with Gasteiger partial charge in [-0.05, 0) is 19.1 Å². The SMILES string of the molecule is CCOC(=O)c1cncnc1Nc1nc2c(s1)CN(C(=O)c1ccccc1)CC2. The first-order valence-corrected chi connectivity index (χ1v) is 10.0. The highest BCUT2D eigenvalue weighted by molar-refractivity contribution is 7.15. The van der Waals surface area contributed by atoms with Crippen molar-refractivity contribution in [3.63, 3.8) is 0 Å². The van der Waals surface area contributed by atoms with Crippen LogP contribution in [0.5, 0.6) is 0 Å². The maximum Gasteiger partial charge on any atom is 0.343 e. The van der Waals surface area contributed by atoms with E-state index in [1.54, 1.807) is 6.92 Å². The number of ether oxygens (including phenoxy) is 1. The van der Waals surface area contributed by atoms with E-state index in [1.165, 1.54) is 23.9 Å². The molecule has 0 radical (unpaired) electrons. The van der Waals surface area contributed by atoms with Gasteiger partial charge in [-0.2, -0.15) is 0 Å². The Balaban J connectivity index is 1.51. The Morgan fingerprint density at radius 3 is 2.90 bits per heavy atom. The van der Waals surface area contributed by atoms with Gasteiger partial charge < -0.3 is 15.0 Å². The molecule has 29 heavy (non-hydrogen) atoms. The second kappa shape index (κ2) is 8.36. The third kappa shape index (κ3) is 4.09. The minimum Gasteiger partial charge on any atom is -0.462 e. The van der Waals surface area contributed by atoms with Gasteiger partial charge in [0.15, 0.2) is 5.13 Å². The van der Waals surface area contributed by atoms with Crippen molar-refractivity contribution in [3.05, 3.63) is 64.6 Å². The van der Waals surface area contributed by atoms with Gasteiger partial charge in [-0.25, -0.2) is 19.7 Å². The number of benzene rings is 1. The van der Waals surface area contributed by atoms with E-state index < -0.39 is 5.97 Å². The number of thiazole rings is 1. The lowest BCUT2D eigenvalue weighted by atomic mass is 10.1. The largest absolute Gasteiger partial charge is 0.462 e. The number of anilines is 2. The van der Waals surface area contributed by atoms with Gasteiger partial charge >= 0.3 is 5.97 Å². The zero-order chi connectivity index (χ0) is 20.2. The van der Waals surface area contributed by atoms with E-state index >= 15 is 0 Å². The normalized spacial score (nSPS) is 12.9.